The van der Waals surface area contributed by atoms with Crippen LogP contribution in [0.3, 0.4) is 0 Å². The summed E-state index contributed by atoms with van der Waals surface area (Å²) < 4.78 is 13.8. The molecule has 0 aliphatic carbocycles. The maximum absolute atomic E-state index is 13.2. The Morgan fingerprint density at radius 2 is 2.05 bits per heavy atom. The minimum Gasteiger partial charge on any atom is -0.398 e. The lowest BCUT2D eigenvalue weighted by Gasteiger charge is -2.14. The number of carbonyl (C=O) groups is 1. The van der Waals surface area contributed by atoms with E-state index in [1.54, 1.807) is 37.3 Å². The molecule has 3 N–H and O–H groups in total. The van der Waals surface area contributed by atoms with Crippen LogP contribution < -0.4 is 11.1 Å². The molecule has 0 unspecified atom stereocenters. The fourth-order valence-electron chi connectivity index (χ4n) is 1.81. The van der Waals surface area contributed by atoms with E-state index >= 15 is 0 Å². The lowest BCUT2D eigenvalue weighted by atomic mass is 10.1. The summed E-state index contributed by atoms with van der Waals surface area (Å²) in [5, 5.41) is 2.82. The Hall–Kier alpha value is -1.88. The van der Waals surface area contributed by atoms with Gasteiger partial charge in [0.15, 0.2) is 0 Å². The smallest absolute Gasteiger partial charge is 0.251 e. The molecule has 0 heterocycles. The number of carbonyl (C=O) groups excluding carboxylic acids is 1. The monoisotopic (exact) mass is 336 g/mol. The largest absolute Gasteiger partial charge is 0.398 e. The van der Waals surface area contributed by atoms with E-state index in [1.807, 2.05) is 0 Å². The summed E-state index contributed by atoms with van der Waals surface area (Å²) in [5.74, 6) is -0.554. The number of anilines is 1. The Bertz CT molecular complexity index is 646. The van der Waals surface area contributed by atoms with E-state index in [4.69, 9.17) is 5.73 Å². The van der Waals surface area contributed by atoms with Gasteiger partial charge in [0.2, 0.25) is 0 Å². The molecule has 0 saturated heterocycles. The average molecular weight is 337 g/mol. The average Bonchev–Trinajstić information content (AvgIpc) is 2.41. The molecule has 0 radical (unpaired) electrons. The fourth-order valence-corrected chi connectivity index (χ4v) is 2.19. The first-order valence-electron chi connectivity index (χ1n) is 6.08. The van der Waals surface area contributed by atoms with E-state index in [0.717, 1.165) is 0 Å². The second-order valence-electron chi connectivity index (χ2n) is 4.49. The SMILES string of the molecule is C[C@@H](NC(=O)c1ccc(N)c(Br)c1)c1cccc(F)c1. The highest BCUT2D eigenvalue weighted by atomic mass is 79.9. The minimum atomic E-state index is -0.321. The third kappa shape index (κ3) is 3.36. The van der Waals surface area contributed by atoms with Crippen molar-refractivity contribution in [2.45, 2.75) is 13.0 Å². The van der Waals surface area contributed by atoms with Gasteiger partial charge in [-0.15, -0.1) is 0 Å². The Morgan fingerprint density at radius 3 is 2.70 bits per heavy atom. The highest BCUT2D eigenvalue weighted by Crippen LogP contribution is 2.21. The first-order chi connectivity index (χ1) is 9.47. The second kappa shape index (κ2) is 6.05. The zero-order chi connectivity index (χ0) is 14.7. The van der Waals surface area contributed by atoms with Crippen molar-refractivity contribution in [2.24, 2.45) is 0 Å². The molecule has 20 heavy (non-hydrogen) atoms. The van der Waals surface area contributed by atoms with Crippen molar-refractivity contribution in [1.82, 2.24) is 5.32 Å². The molecular formula is C15H14BrFN2O. The van der Waals surface area contributed by atoms with Gasteiger partial charge in [0.25, 0.3) is 5.91 Å². The summed E-state index contributed by atoms with van der Waals surface area (Å²) in [6, 6.07) is 10.8. The molecule has 0 aliphatic rings. The predicted molar refractivity (Wildman–Crippen MR) is 80.8 cm³/mol. The second-order valence-corrected chi connectivity index (χ2v) is 5.34. The van der Waals surface area contributed by atoms with Gasteiger partial charge in [0.05, 0.1) is 6.04 Å². The van der Waals surface area contributed by atoms with Gasteiger partial charge in [0, 0.05) is 15.7 Å². The minimum absolute atomic E-state index is 0.234. The number of halogens is 2. The number of nitrogen functional groups attached to an aromatic ring is 1. The van der Waals surface area contributed by atoms with Crippen LogP contribution in [0.1, 0.15) is 28.9 Å². The van der Waals surface area contributed by atoms with Gasteiger partial charge < -0.3 is 11.1 Å². The summed E-state index contributed by atoms with van der Waals surface area (Å²) in [6.07, 6.45) is 0. The highest BCUT2D eigenvalue weighted by molar-refractivity contribution is 9.10. The zero-order valence-electron chi connectivity index (χ0n) is 10.9. The van der Waals surface area contributed by atoms with Crippen LogP contribution in [0.4, 0.5) is 10.1 Å². The molecular weight excluding hydrogens is 323 g/mol. The molecule has 5 heteroatoms. The van der Waals surface area contributed by atoms with E-state index in [-0.39, 0.29) is 17.8 Å². The number of amides is 1. The molecule has 0 saturated carbocycles. The van der Waals surface area contributed by atoms with Crippen molar-refractivity contribution in [3.63, 3.8) is 0 Å². The van der Waals surface area contributed by atoms with Gasteiger partial charge in [-0.05, 0) is 58.7 Å². The molecule has 0 spiro atoms. The van der Waals surface area contributed by atoms with Crippen LogP contribution >= 0.6 is 15.9 Å². The molecule has 0 aliphatic heterocycles. The van der Waals surface area contributed by atoms with Crippen molar-refractivity contribution >= 4 is 27.5 Å². The van der Waals surface area contributed by atoms with Crippen molar-refractivity contribution < 1.29 is 9.18 Å². The summed E-state index contributed by atoms with van der Waals surface area (Å²) in [7, 11) is 0. The Kier molecular flexibility index (Phi) is 4.39. The van der Waals surface area contributed by atoms with Gasteiger partial charge in [-0.1, -0.05) is 12.1 Å². The summed E-state index contributed by atoms with van der Waals surface area (Å²) in [5.41, 5.74) is 7.46. The summed E-state index contributed by atoms with van der Waals surface area (Å²) >= 11 is 3.28. The lowest BCUT2D eigenvalue weighted by molar-refractivity contribution is 0.0940. The maximum atomic E-state index is 13.2. The quantitative estimate of drug-likeness (QED) is 0.840. The summed E-state index contributed by atoms with van der Waals surface area (Å²) in [4.78, 5) is 12.1. The number of rotatable bonds is 3. The van der Waals surface area contributed by atoms with Crippen LogP contribution in [-0.4, -0.2) is 5.91 Å². The normalized spacial score (nSPS) is 11.9. The Morgan fingerprint density at radius 1 is 1.30 bits per heavy atom. The molecule has 0 fully saturated rings. The lowest BCUT2D eigenvalue weighted by Crippen LogP contribution is -2.26. The van der Waals surface area contributed by atoms with Crippen LogP contribution in [-0.2, 0) is 0 Å². The molecule has 0 aromatic heterocycles. The van der Waals surface area contributed by atoms with Crippen LogP contribution in [0.2, 0.25) is 0 Å². The zero-order valence-corrected chi connectivity index (χ0v) is 12.4. The van der Waals surface area contributed by atoms with E-state index in [9.17, 15) is 9.18 Å². The van der Waals surface area contributed by atoms with E-state index in [0.29, 0.717) is 21.3 Å². The number of hydrogen-bond donors (Lipinski definition) is 2. The molecule has 2 rings (SSSR count). The van der Waals surface area contributed by atoms with Gasteiger partial charge in [0.1, 0.15) is 5.82 Å². The molecule has 1 atom stereocenters. The standard InChI is InChI=1S/C15H14BrFN2O/c1-9(10-3-2-4-12(17)7-10)19-15(20)11-5-6-14(18)13(16)8-11/h2-9H,18H2,1H3,(H,19,20)/t9-/m1/s1. The Labute approximate surface area is 125 Å². The topological polar surface area (TPSA) is 55.1 Å². The Balaban J connectivity index is 2.13. The van der Waals surface area contributed by atoms with Gasteiger partial charge in [-0.3, -0.25) is 4.79 Å². The molecule has 1 amide bonds. The van der Waals surface area contributed by atoms with Crippen LogP contribution in [0.15, 0.2) is 46.9 Å². The first-order valence-corrected chi connectivity index (χ1v) is 6.88. The fraction of sp³-hybridized carbons (Fsp3) is 0.133. The van der Waals surface area contributed by atoms with Crippen molar-refractivity contribution in [3.8, 4) is 0 Å². The third-order valence-electron chi connectivity index (χ3n) is 2.96. The first kappa shape index (κ1) is 14.5. The number of hydrogen-bond acceptors (Lipinski definition) is 2. The molecule has 2 aromatic carbocycles. The van der Waals surface area contributed by atoms with Gasteiger partial charge in [-0.2, -0.15) is 0 Å². The molecule has 3 nitrogen and oxygen atoms in total. The third-order valence-corrected chi connectivity index (χ3v) is 3.65. The number of nitrogens with two attached hydrogens (primary N) is 1. The van der Waals surface area contributed by atoms with Gasteiger partial charge >= 0.3 is 0 Å². The van der Waals surface area contributed by atoms with Crippen molar-refractivity contribution in [1.29, 1.82) is 0 Å². The number of nitrogens with one attached hydrogen (secondary N) is 1. The van der Waals surface area contributed by atoms with Crippen LogP contribution in [0, 0.1) is 5.82 Å². The van der Waals surface area contributed by atoms with Crippen molar-refractivity contribution in [3.05, 3.63) is 63.9 Å². The van der Waals surface area contributed by atoms with Gasteiger partial charge in [-0.25, -0.2) is 4.39 Å². The molecule has 104 valence electrons. The highest BCUT2D eigenvalue weighted by Gasteiger charge is 2.12. The van der Waals surface area contributed by atoms with E-state index in [2.05, 4.69) is 21.2 Å². The van der Waals surface area contributed by atoms with Crippen molar-refractivity contribution in [2.75, 3.05) is 5.73 Å². The van der Waals surface area contributed by atoms with E-state index in [1.165, 1.54) is 12.1 Å². The van der Waals surface area contributed by atoms with Crippen LogP contribution in [0.25, 0.3) is 0 Å². The molecule has 2 aromatic rings. The molecule has 0 bridgehead atoms. The maximum Gasteiger partial charge on any atom is 0.251 e. The number of benzene rings is 2. The van der Waals surface area contributed by atoms with Crippen LogP contribution in [0.5, 0.6) is 0 Å². The van der Waals surface area contributed by atoms with E-state index < -0.39 is 0 Å². The predicted octanol–water partition coefficient (Wildman–Crippen LogP) is 3.66. The summed E-state index contributed by atoms with van der Waals surface area (Å²) in [6.45, 7) is 1.80.